The number of amides is 1. The van der Waals surface area contributed by atoms with E-state index < -0.39 is 6.10 Å². The molecule has 0 spiro atoms. The zero-order valence-electron chi connectivity index (χ0n) is 13.7. The van der Waals surface area contributed by atoms with Crippen LogP contribution in [-0.4, -0.2) is 49.4 Å². The van der Waals surface area contributed by atoms with Crippen LogP contribution in [0.4, 0.5) is 0 Å². The lowest BCUT2D eigenvalue weighted by Crippen LogP contribution is -2.41. The molecule has 7 heteroatoms. The van der Waals surface area contributed by atoms with Crippen molar-refractivity contribution in [2.24, 2.45) is 0 Å². The fraction of sp³-hybridized carbons (Fsp3) is 0.438. The number of para-hydroxylation sites is 1. The van der Waals surface area contributed by atoms with Crippen molar-refractivity contribution in [1.29, 1.82) is 0 Å². The summed E-state index contributed by atoms with van der Waals surface area (Å²) in [6.45, 7) is 7.41. The number of carbonyl (C=O) groups is 1. The largest absolute Gasteiger partial charge is 0.392 e. The number of aliphatic hydroxyl groups excluding tert-OH is 1. The fourth-order valence-corrected chi connectivity index (χ4v) is 2.49. The van der Waals surface area contributed by atoms with E-state index in [1.54, 1.807) is 29.5 Å². The molecule has 124 valence electrons. The molecule has 0 bridgehead atoms. The van der Waals surface area contributed by atoms with Gasteiger partial charge in [-0.3, -0.25) is 4.79 Å². The predicted molar refractivity (Wildman–Crippen MR) is 89.0 cm³/mol. The molecular weight excluding hydrogens is 316 g/mol. The summed E-state index contributed by atoms with van der Waals surface area (Å²) in [4.78, 5) is 18.5. The molecule has 1 unspecified atom stereocenters. The van der Waals surface area contributed by atoms with Gasteiger partial charge in [-0.2, -0.15) is 0 Å². The van der Waals surface area contributed by atoms with Crippen LogP contribution in [0.5, 0.6) is 0 Å². The van der Waals surface area contributed by atoms with Crippen LogP contribution in [-0.2, 0) is 0 Å². The SMILES string of the molecule is Cc1nc(C(=O)N(CC(C)O)C(C)C)nn1-c1ccccc1Cl. The molecule has 0 aliphatic rings. The summed E-state index contributed by atoms with van der Waals surface area (Å²) in [7, 11) is 0. The fourth-order valence-electron chi connectivity index (χ4n) is 2.27. The van der Waals surface area contributed by atoms with Crippen molar-refractivity contribution in [3.63, 3.8) is 0 Å². The minimum absolute atomic E-state index is 0.0651. The zero-order valence-corrected chi connectivity index (χ0v) is 14.4. The van der Waals surface area contributed by atoms with E-state index in [1.165, 1.54) is 0 Å². The van der Waals surface area contributed by atoms with Crippen LogP contribution in [0.15, 0.2) is 24.3 Å². The van der Waals surface area contributed by atoms with Gasteiger partial charge in [0.15, 0.2) is 0 Å². The Morgan fingerprint density at radius 1 is 1.35 bits per heavy atom. The third kappa shape index (κ3) is 3.89. The lowest BCUT2D eigenvalue weighted by atomic mass is 10.2. The highest BCUT2D eigenvalue weighted by molar-refractivity contribution is 6.32. The van der Waals surface area contributed by atoms with Crippen LogP contribution in [0.3, 0.4) is 0 Å². The van der Waals surface area contributed by atoms with Gasteiger partial charge in [0.05, 0.1) is 16.8 Å². The molecule has 1 aromatic heterocycles. The van der Waals surface area contributed by atoms with Crippen molar-refractivity contribution in [3.05, 3.63) is 40.9 Å². The first-order valence-corrected chi connectivity index (χ1v) is 7.86. The summed E-state index contributed by atoms with van der Waals surface area (Å²) in [5.41, 5.74) is 0.671. The molecular formula is C16H21ClN4O2. The first-order valence-electron chi connectivity index (χ1n) is 7.49. The summed E-state index contributed by atoms with van der Waals surface area (Å²) < 4.78 is 1.55. The molecule has 1 aromatic carbocycles. The van der Waals surface area contributed by atoms with E-state index in [1.807, 2.05) is 32.0 Å². The second-order valence-electron chi connectivity index (χ2n) is 5.75. The third-order valence-corrected chi connectivity index (χ3v) is 3.71. The second kappa shape index (κ2) is 7.10. The molecule has 0 radical (unpaired) electrons. The van der Waals surface area contributed by atoms with Crippen LogP contribution in [0.2, 0.25) is 5.02 Å². The monoisotopic (exact) mass is 336 g/mol. The number of hydrogen-bond donors (Lipinski definition) is 1. The van der Waals surface area contributed by atoms with Gasteiger partial charge in [0, 0.05) is 12.6 Å². The van der Waals surface area contributed by atoms with E-state index in [0.29, 0.717) is 16.5 Å². The number of carbonyl (C=O) groups excluding carboxylic acids is 1. The Balaban J connectivity index is 2.36. The molecule has 6 nitrogen and oxygen atoms in total. The van der Waals surface area contributed by atoms with Gasteiger partial charge in [-0.05, 0) is 39.8 Å². The number of aryl methyl sites for hydroxylation is 1. The lowest BCUT2D eigenvalue weighted by molar-refractivity contribution is 0.0567. The van der Waals surface area contributed by atoms with E-state index in [0.717, 1.165) is 0 Å². The van der Waals surface area contributed by atoms with Gasteiger partial charge in [0.25, 0.3) is 5.91 Å². The lowest BCUT2D eigenvalue weighted by Gasteiger charge is -2.26. The van der Waals surface area contributed by atoms with E-state index in [-0.39, 0.29) is 24.3 Å². The van der Waals surface area contributed by atoms with E-state index >= 15 is 0 Å². The molecule has 0 saturated heterocycles. The molecule has 0 fully saturated rings. The Bertz CT molecular complexity index is 697. The number of nitrogens with zero attached hydrogens (tertiary/aromatic N) is 4. The molecule has 1 heterocycles. The van der Waals surface area contributed by atoms with E-state index in [4.69, 9.17) is 11.6 Å². The molecule has 2 rings (SSSR count). The summed E-state index contributed by atoms with van der Waals surface area (Å²) >= 11 is 6.18. The van der Waals surface area contributed by atoms with E-state index in [2.05, 4.69) is 10.1 Å². The molecule has 1 atom stereocenters. The van der Waals surface area contributed by atoms with Crippen LogP contribution in [0.1, 0.15) is 37.2 Å². The zero-order chi connectivity index (χ0) is 17.1. The number of aromatic nitrogens is 3. The van der Waals surface area contributed by atoms with Crippen LogP contribution in [0.25, 0.3) is 5.69 Å². The van der Waals surface area contributed by atoms with Gasteiger partial charge in [-0.15, -0.1) is 5.10 Å². The first kappa shape index (κ1) is 17.4. The summed E-state index contributed by atoms with van der Waals surface area (Å²) in [6.07, 6.45) is -0.617. The quantitative estimate of drug-likeness (QED) is 0.910. The standard InChI is InChI=1S/C16H21ClN4O2/c1-10(2)20(9-11(3)22)16(23)15-18-12(4)21(19-15)14-8-6-5-7-13(14)17/h5-8,10-11,22H,9H2,1-4H3. The maximum absolute atomic E-state index is 12.6. The Morgan fingerprint density at radius 2 is 2.00 bits per heavy atom. The minimum atomic E-state index is -0.617. The molecule has 2 aromatic rings. The van der Waals surface area contributed by atoms with E-state index in [9.17, 15) is 9.90 Å². The predicted octanol–water partition coefficient (Wildman–Crippen LogP) is 2.46. The highest BCUT2D eigenvalue weighted by Gasteiger charge is 2.25. The average molecular weight is 337 g/mol. The van der Waals surface area contributed by atoms with Crippen LogP contribution < -0.4 is 0 Å². The second-order valence-corrected chi connectivity index (χ2v) is 6.15. The van der Waals surface area contributed by atoms with Crippen molar-refractivity contribution in [2.75, 3.05) is 6.54 Å². The Morgan fingerprint density at radius 3 is 2.57 bits per heavy atom. The topological polar surface area (TPSA) is 71.2 Å². The highest BCUT2D eigenvalue weighted by atomic mass is 35.5. The molecule has 0 aliphatic carbocycles. The van der Waals surface area contributed by atoms with Crippen molar-refractivity contribution >= 4 is 17.5 Å². The third-order valence-electron chi connectivity index (χ3n) is 3.39. The van der Waals surface area contributed by atoms with Gasteiger partial charge in [0.1, 0.15) is 5.82 Å². The molecule has 0 saturated carbocycles. The smallest absolute Gasteiger partial charge is 0.293 e. The average Bonchev–Trinajstić information content (AvgIpc) is 2.86. The molecule has 1 amide bonds. The van der Waals surface area contributed by atoms with Crippen molar-refractivity contribution in [3.8, 4) is 5.69 Å². The van der Waals surface area contributed by atoms with Gasteiger partial charge >= 0.3 is 0 Å². The molecule has 1 N–H and O–H groups in total. The van der Waals surface area contributed by atoms with Gasteiger partial charge in [-0.25, -0.2) is 9.67 Å². The highest BCUT2D eigenvalue weighted by Crippen LogP contribution is 2.20. The maximum atomic E-state index is 12.6. The van der Waals surface area contributed by atoms with Crippen molar-refractivity contribution in [1.82, 2.24) is 19.7 Å². The molecule has 23 heavy (non-hydrogen) atoms. The normalized spacial score (nSPS) is 12.5. The Labute approximate surface area is 140 Å². The van der Waals surface area contributed by atoms with Crippen LogP contribution in [0, 0.1) is 6.92 Å². The minimum Gasteiger partial charge on any atom is -0.392 e. The van der Waals surface area contributed by atoms with Crippen molar-refractivity contribution in [2.45, 2.75) is 39.8 Å². The van der Waals surface area contributed by atoms with Gasteiger partial charge < -0.3 is 10.0 Å². The van der Waals surface area contributed by atoms with Gasteiger partial charge in [-0.1, -0.05) is 23.7 Å². The maximum Gasteiger partial charge on any atom is 0.293 e. The Hall–Kier alpha value is -1.92. The molecule has 0 aliphatic heterocycles. The van der Waals surface area contributed by atoms with Gasteiger partial charge in [0.2, 0.25) is 5.82 Å². The number of rotatable bonds is 5. The van der Waals surface area contributed by atoms with Crippen molar-refractivity contribution < 1.29 is 9.90 Å². The number of hydrogen-bond acceptors (Lipinski definition) is 4. The first-order chi connectivity index (χ1) is 10.8. The summed E-state index contributed by atoms with van der Waals surface area (Å²) in [5.74, 6) is 0.355. The van der Waals surface area contributed by atoms with Crippen LogP contribution >= 0.6 is 11.6 Å². The Kier molecular flexibility index (Phi) is 5.38. The summed E-state index contributed by atoms with van der Waals surface area (Å²) in [6, 6.07) is 7.18. The summed E-state index contributed by atoms with van der Waals surface area (Å²) in [5, 5.41) is 14.4. The number of aliphatic hydroxyl groups is 1. The number of benzene rings is 1. The number of halogens is 1.